The Morgan fingerprint density at radius 1 is 1.29 bits per heavy atom. The second-order valence-electron chi connectivity index (χ2n) is 5.40. The average Bonchev–Trinajstić information content (AvgIpc) is 3.11. The summed E-state index contributed by atoms with van der Waals surface area (Å²) >= 11 is 0. The van der Waals surface area contributed by atoms with Crippen molar-refractivity contribution in [2.75, 3.05) is 0 Å². The Bertz CT molecular complexity index is 749. The number of imidazole rings is 1. The fraction of sp³-hybridized carbons (Fsp3) is 0.429. The number of nitrogens with zero attached hydrogens (tertiary/aromatic N) is 7. The first-order valence-electron chi connectivity index (χ1n) is 6.95. The van der Waals surface area contributed by atoms with E-state index >= 15 is 0 Å². The van der Waals surface area contributed by atoms with E-state index in [1.807, 2.05) is 40.3 Å². The smallest absolute Gasteiger partial charge is 0.161 e. The van der Waals surface area contributed by atoms with E-state index in [1.54, 1.807) is 6.20 Å². The predicted molar refractivity (Wildman–Crippen MR) is 78.6 cm³/mol. The average molecular weight is 285 g/mol. The Labute approximate surface area is 123 Å². The lowest BCUT2D eigenvalue weighted by Gasteiger charge is -2.12. The minimum absolute atomic E-state index is 0.171. The SMILES string of the molecule is Cc1cc(C)n(C[C@@H](C)n2cc(-c3nccn3C)nn2)n1. The molecule has 0 N–H and O–H groups in total. The fourth-order valence-electron chi connectivity index (χ4n) is 2.40. The number of aromatic nitrogens is 7. The van der Waals surface area contributed by atoms with Gasteiger partial charge < -0.3 is 4.57 Å². The molecular weight excluding hydrogens is 266 g/mol. The van der Waals surface area contributed by atoms with Gasteiger partial charge in [-0.2, -0.15) is 5.10 Å². The second-order valence-corrected chi connectivity index (χ2v) is 5.40. The summed E-state index contributed by atoms with van der Waals surface area (Å²) in [4.78, 5) is 4.29. The zero-order valence-electron chi connectivity index (χ0n) is 12.7. The molecule has 3 rings (SSSR count). The molecule has 3 heterocycles. The van der Waals surface area contributed by atoms with Crippen LogP contribution in [-0.2, 0) is 13.6 Å². The molecule has 0 fully saturated rings. The van der Waals surface area contributed by atoms with E-state index < -0.39 is 0 Å². The van der Waals surface area contributed by atoms with E-state index in [0.717, 1.165) is 29.5 Å². The number of hydrogen-bond donors (Lipinski definition) is 0. The minimum atomic E-state index is 0.171. The first kappa shape index (κ1) is 13.5. The zero-order chi connectivity index (χ0) is 15.0. The maximum Gasteiger partial charge on any atom is 0.161 e. The van der Waals surface area contributed by atoms with Crippen LogP contribution in [0, 0.1) is 13.8 Å². The highest BCUT2D eigenvalue weighted by molar-refractivity contribution is 5.47. The van der Waals surface area contributed by atoms with Gasteiger partial charge in [-0.1, -0.05) is 5.21 Å². The van der Waals surface area contributed by atoms with Crippen LogP contribution in [0.5, 0.6) is 0 Å². The quantitative estimate of drug-likeness (QED) is 0.732. The van der Waals surface area contributed by atoms with Gasteiger partial charge in [0.25, 0.3) is 0 Å². The Morgan fingerprint density at radius 2 is 2.10 bits per heavy atom. The number of rotatable bonds is 4. The molecule has 3 aromatic rings. The van der Waals surface area contributed by atoms with Gasteiger partial charge in [-0.05, 0) is 26.8 Å². The minimum Gasteiger partial charge on any atom is -0.333 e. The normalized spacial score (nSPS) is 12.8. The highest BCUT2D eigenvalue weighted by Gasteiger charge is 2.13. The molecule has 0 aromatic carbocycles. The first-order chi connectivity index (χ1) is 10.0. The summed E-state index contributed by atoms with van der Waals surface area (Å²) in [6.45, 7) is 6.94. The van der Waals surface area contributed by atoms with E-state index in [1.165, 1.54) is 0 Å². The third-order valence-corrected chi connectivity index (χ3v) is 3.55. The summed E-state index contributed by atoms with van der Waals surface area (Å²) in [5.74, 6) is 0.819. The molecule has 7 nitrogen and oxygen atoms in total. The van der Waals surface area contributed by atoms with E-state index in [-0.39, 0.29) is 6.04 Å². The third kappa shape index (κ3) is 2.58. The first-order valence-corrected chi connectivity index (χ1v) is 6.95. The molecule has 0 radical (unpaired) electrons. The summed E-state index contributed by atoms with van der Waals surface area (Å²) in [6.07, 6.45) is 5.58. The molecule has 0 aliphatic rings. The Hall–Kier alpha value is -2.44. The maximum atomic E-state index is 4.49. The van der Waals surface area contributed by atoms with Crippen LogP contribution in [0.3, 0.4) is 0 Å². The molecule has 0 spiro atoms. The highest BCUT2D eigenvalue weighted by Crippen LogP contribution is 2.16. The number of aryl methyl sites for hydroxylation is 3. The van der Waals surface area contributed by atoms with Gasteiger partial charge in [0.15, 0.2) is 5.82 Å². The summed E-state index contributed by atoms with van der Waals surface area (Å²) in [6, 6.07) is 2.25. The van der Waals surface area contributed by atoms with Gasteiger partial charge in [-0.25, -0.2) is 9.67 Å². The van der Waals surface area contributed by atoms with Crippen LogP contribution in [0.4, 0.5) is 0 Å². The molecular formula is C14H19N7. The second kappa shape index (κ2) is 5.16. The molecule has 0 bridgehead atoms. The predicted octanol–water partition coefficient (Wildman–Crippen LogP) is 1.75. The fourth-order valence-corrected chi connectivity index (χ4v) is 2.40. The van der Waals surface area contributed by atoms with Gasteiger partial charge in [0.05, 0.1) is 24.5 Å². The third-order valence-electron chi connectivity index (χ3n) is 3.55. The largest absolute Gasteiger partial charge is 0.333 e. The summed E-state index contributed by atoms with van der Waals surface area (Å²) in [5.41, 5.74) is 2.97. The molecule has 0 unspecified atom stereocenters. The standard InChI is InChI=1S/C14H19N7/c1-10-7-11(2)20(17-10)8-12(3)21-9-13(16-18-21)14-15-5-6-19(14)4/h5-7,9,12H,8H2,1-4H3/t12-/m1/s1. The van der Waals surface area contributed by atoms with Crippen LogP contribution in [0.25, 0.3) is 11.5 Å². The van der Waals surface area contributed by atoms with Gasteiger partial charge in [0, 0.05) is 25.1 Å². The van der Waals surface area contributed by atoms with Crippen LogP contribution in [0.15, 0.2) is 24.7 Å². The van der Waals surface area contributed by atoms with Crippen molar-refractivity contribution < 1.29 is 0 Å². The zero-order valence-corrected chi connectivity index (χ0v) is 12.7. The highest BCUT2D eigenvalue weighted by atomic mass is 15.4. The van der Waals surface area contributed by atoms with Crippen LogP contribution >= 0.6 is 0 Å². The maximum absolute atomic E-state index is 4.49. The van der Waals surface area contributed by atoms with Gasteiger partial charge in [-0.15, -0.1) is 5.10 Å². The van der Waals surface area contributed by atoms with Crippen LogP contribution in [0.1, 0.15) is 24.4 Å². The Morgan fingerprint density at radius 3 is 2.71 bits per heavy atom. The summed E-state index contributed by atoms with van der Waals surface area (Å²) in [7, 11) is 1.95. The van der Waals surface area contributed by atoms with Crippen molar-refractivity contribution in [2.45, 2.75) is 33.4 Å². The number of hydrogen-bond acceptors (Lipinski definition) is 4. The van der Waals surface area contributed by atoms with Crippen molar-refractivity contribution in [1.29, 1.82) is 0 Å². The molecule has 0 aliphatic heterocycles. The molecule has 0 aliphatic carbocycles. The molecule has 0 amide bonds. The summed E-state index contributed by atoms with van der Waals surface area (Å²) in [5, 5.41) is 12.9. The molecule has 21 heavy (non-hydrogen) atoms. The Kier molecular flexibility index (Phi) is 3.32. The monoisotopic (exact) mass is 285 g/mol. The van der Waals surface area contributed by atoms with Crippen LogP contribution in [0.2, 0.25) is 0 Å². The van der Waals surface area contributed by atoms with Crippen LogP contribution in [-0.4, -0.2) is 34.3 Å². The lowest BCUT2D eigenvalue weighted by Crippen LogP contribution is -2.15. The van der Waals surface area contributed by atoms with Gasteiger partial charge in [-0.3, -0.25) is 4.68 Å². The molecule has 0 saturated carbocycles. The molecule has 7 heteroatoms. The Balaban J connectivity index is 1.80. The van der Waals surface area contributed by atoms with Crippen molar-refractivity contribution in [3.63, 3.8) is 0 Å². The molecule has 1 atom stereocenters. The molecule has 0 saturated heterocycles. The van der Waals surface area contributed by atoms with Crippen molar-refractivity contribution in [3.05, 3.63) is 36.0 Å². The van der Waals surface area contributed by atoms with Crippen molar-refractivity contribution in [3.8, 4) is 11.5 Å². The van der Waals surface area contributed by atoms with Crippen molar-refractivity contribution in [2.24, 2.45) is 7.05 Å². The topological polar surface area (TPSA) is 66.3 Å². The molecule has 110 valence electrons. The van der Waals surface area contributed by atoms with Crippen LogP contribution < -0.4 is 0 Å². The molecule has 3 aromatic heterocycles. The van der Waals surface area contributed by atoms with Crippen molar-refractivity contribution >= 4 is 0 Å². The van der Waals surface area contributed by atoms with E-state index in [0.29, 0.717) is 0 Å². The van der Waals surface area contributed by atoms with E-state index in [2.05, 4.69) is 40.3 Å². The lowest BCUT2D eigenvalue weighted by atomic mass is 10.3. The lowest BCUT2D eigenvalue weighted by molar-refractivity contribution is 0.392. The van der Waals surface area contributed by atoms with E-state index in [9.17, 15) is 0 Å². The summed E-state index contributed by atoms with van der Waals surface area (Å²) < 4.78 is 5.79. The van der Waals surface area contributed by atoms with Gasteiger partial charge in [0.1, 0.15) is 5.69 Å². The van der Waals surface area contributed by atoms with Gasteiger partial charge >= 0.3 is 0 Å². The van der Waals surface area contributed by atoms with Gasteiger partial charge in [0.2, 0.25) is 0 Å². The van der Waals surface area contributed by atoms with Crippen molar-refractivity contribution in [1.82, 2.24) is 34.3 Å². The van der Waals surface area contributed by atoms with E-state index in [4.69, 9.17) is 0 Å².